The predicted molar refractivity (Wildman–Crippen MR) is 81.8 cm³/mol. The molecule has 0 aliphatic heterocycles. The number of imidazole rings is 1. The highest BCUT2D eigenvalue weighted by molar-refractivity contribution is 5.97. The quantitative estimate of drug-likeness (QED) is 0.639. The average molecular weight is 297 g/mol. The summed E-state index contributed by atoms with van der Waals surface area (Å²) in [6.07, 6.45) is 0. The Morgan fingerprint density at radius 1 is 1.18 bits per heavy atom. The number of amides is 1. The van der Waals surface area contributed by atoms with Crippen LogP contribution in [0.3, 0.4) is 0 Å². The summed E-state index contributed by atoms with van der Waals surface area (Å²) < 4.78 is 0.980. The van der Waals surface area contributed by atoms with Crippen LogP contribution in [0.2, 0.25) is 0 Å². The minimum absolute atomic E-state index is 0.121. The van der Waals surface area contributed by atoms with Gasteiger partial charge in [0.2, 0.25) is 0 Å². The van der Waals surface area contributed by atoms with Crippen molar-refractivity contribution in [2.45, 2.75) is 0 Å². The first-order chi connectivity index (χ1) is 10.7. The number of carbonyl (C=O) groups excluding carboxylic acids is 1. The van der Waals surface area contributed by atoms with Gasteiger partial charge >= 0.3 is 0 Å². The van der Waals surface area contributed by atoms with Crippen molar-refractivity contribution in [2.75, 3.05) is 13.2 Å². The van der Waals surface area contributed by atoms with Crippen LogP contribution in [-0.4, -0.2) is 39.1 Å². The summed E-state index contributed by atoms with van der Waals surface area (Å²) >= 11 is 0. The zero-order valence-electron chi connectivity index (χ0n) is 11.7. The van der Waals surface area contributed by atoms with Crippen LogP contribution in [0.5, 0.6) is 0 Å². The van der Waals surface area contributed by atoms with Gasteiger partial charge in [-0.25, -0.2) is 4.98 Å². The summed E-state index contributed by atoms with van der Waals surface area (Å²) in [5.74, 6) is 0.113. The largest absolute Gasteiger partial charge is 0.426 e. The maximum Gasteiger partial charge on any atom is 0.251 e. The summed E-state index contributed by atoms with van der Waals surface area (Å²) in [6, 6.07) is 14.2. The number of nitrogens with one attached hydrogen (secondary N) is 1. The van der Waals surface area contributed by atoms with E-state index in [4.69, 9.17) is 5.11 Å². The topological polar surface area (TPSA) is 87.4 Å². The fourth-order valence-corrected chi connectivity index (χ4v) is 2.25. The lowest BCUT2D eigenvalue weighted by molar-refractivity contribution is 0.0945. The van der Waals surface area contributed by atoms with E-state index < -0.39 is 0 Å². The minimum Gasteiger partial charge on any atom is -0.426 e. The monoisotopic (exact) mass is 297 g/mol. The Kier molecular flexibility index (Phi) is 3.76. The van der Waals surface area contributed by atoms with Crippen LogP contribution in [0, 0.1) is 0 Å². The van der Waals surface area contributed by atoms with Crippen LogP contribution in [-0.2, 0) is 0 Å². The smallest absolute Gasteiger partial charge is 0.251 e. The predicted octanol–water partition coefficient (Wildman–Crippen LogP) is 1.66. The van der Waals surface area contributed by atoms with E-state index in [-0.39, 0.29) is 19.1 Å². The molecule has 0 atom stereocenters. The molecule has 0 aliphatic carbocycles. The summed E-state index contributed by atoms with van der Waals surface area (Å²) in [4.78, 5) is 16.3. The number of rotatable bonds is 4. The van der Waals surface area contributed by atoms with Crippen molar-refractivity contribution in [3.8, 4) is 11.4 Å². The molecule has 0 spiro atoms. The van der Waals surface area contributed by atoms with Gasteiger partial charge in [-0.1, -0.05) is 30.3 Å². The van der Waals surface area contributed by atoms with Crippen molar-refractivity contribution in [1.29, 1.82) is 0 Å². The van der Waals surface area contributed by atoms with E-state index >= 15 is 0 Å². The number of aliphatic hydroxyl groups excluding tert-OH is 1. The van der Waals surface area contributed by atoms with Gasteiger partial charge in [-0.3, -0.25) is 4.79 Å². The Labute approximate surface area is 126 Å². The summed E-state index contributed by atoms with van der Waals surface area (Å²) in [6.45, 7) is 0.0641. The fourth-order valence-electron chi connectivity index (χ4n) is 2.25. The second kappa shape index (κ2) is 5.87. The number of carbonyl (C=O) groups is 1. The molecule has 0 fully saturated rings. The van der Waals surface area contributed by atoms with E-state index in [1.165, 1.54) is 0 Å². The Balaban J connectivity index is 2.03. The van der Waals surface area contributed by atoms with Crippen LogP contribution >= 0.6 is 0 Å². The number of hydrogen-bond acceptors (Lipinski definition) is 4. The van der Waals surface area contributed by atoms with Crippen molar-refractivity contribution in [3.05, 3.63) is 54.1 Å². The Morgan fingerprint density at radius 2 is 1.95 bits per heavy atom. The van der Waals surface area contributed by atoms with Gasteiger partial charge in [0.25, 0.3) is 5.91 Å². The molecule has 6 heteroatoms. The highest BCUT2D eigenvalue weighted by Crippen LogP contribution is 2.24. The molecule has 112 valence electrons. The third-order valence-electron chi connectivity index (χ3n) is 3.32. The lowest BCUT2D eigenvalue weighted by Crippen LogP contribution is -2.26. The molecular formula is C16H15N3O3. The van der Waals surface area contributed by atoms with Crippen molar-refractivity contribution in [1.82, 2.24) is 15.0 Å². The zero-order valence-corrected chi connectivity index (χ0v) is 11.7. The number of benzene rings is 2. The van der Waals surface area contributed by atoms with Crippen molar-refractivity contribution in [3.63, 3.8) is 0 Å². The zero-order chi connectivity index (χ0) is 15.5. The molecule has 1 aromatic heterocycles. The van der Waals surface area contributed by atoms with Crippen LogP contribution < -0.4 is 5.32 Å². The van der Waals surface area contributed by atoms with Crippen LogP contribution in [0.1, 0.15) is 10.4 Å². The summed E-state index contributed by atoms with van der Waals surface area (Å²) in [5, 5.41) is 21.6. The molecule has 2 aromatic carbocycles. The van der Waals surface area contributed by atoms with E-state index in [0.29, 0.717) is 22.4 Å². The van der Waals surface area contributed by atoms with E-state index in [1.807, 2.05) is 30.3 Å². The van der Waals surface area contributed by atoms with E-state index in [0.717, 1.165) is 10.3 Å². The Morgan fingerprint density at radius 3 is 2.68 bits per heavy atom. The van der Waals surface area contributed by atoms with Gasteiger partial charge in [0.1, 0.15) is 5.52 Å². The highest BCUT2D eigenvalue weighted by atomic mass is 16.5. The number of hydrogen-bond donors (Lipinski definition) is 3. The van der Waals surface area contributed by atoms with Gasteiger partial charge in [-0.15, -0.1) is 0 Å². The highest BCUT2D eigenvalue weighted by Gasteiger charge is 2.14. The van der Waals surface area contributed by atoms with E-state index in [9.17, 15) is 10.0 Å². The third kappa shape index (κ3) is 2.51. The second-order valence-corrected chi connectivity index (χ2v) is 4.80. The first-order valence-electron chi connectivity index (χ1n) is 6.87. The van der Waals surface area contributed by atoms with E-state index in [2.05, 4.69) is 10.3 Å². The molecule has 0 unspecified atom stereocenters. The maximum atomic E-state index is 11.9. The molecule has 0 aliphatic rings. The number of nitrogens with zero attached hydrogens (tertiary/aromatic N) is 2. The van der Waals surface area contributed by atoms with Crippen LogP contribution in [0.4, 0.5) is 0 Å². The molecular weight excluding hydrogens is 282 g/mol. The van der Waals surface area contributed by atoms with Crippen LogP contribution in [0.15, 0.2) is 48.5 Å². The lowest BCUT2D eigenvalue weighted by Gasteiger charge is -2.04. The van der Waals surface area contributed by atoms with Gasteiger partial charge in [0.05, 0.1) is 12.1 Å². The molecule has 3 N–H and O–H groups in total. The molecule has 0 bridgehead atoms. The average Bonchev–Trinajstić information content (AvgIpc) is 2.90. The van der Waals surface area contributed by atoms with Crippen molar-refractivity contribution in [2.24, 2.45) is 0 Å². The second-order valence-electron chi connectivity index (χ2n) is 4.80. The molecule has 3 rings (SSSR count). The molecule has 22 heavy (non-hydrogen) atoms. The Bertz CT molecular complexity index is 812. The first kappa shape index (κ1) is 14.1. The standard InChI is InChI=1S/C16H15N3O3/c20-9-8-17-16(21)12-6-7-13-14(10-12)19(22)15(18-13)11-4-2-1-3-5-11/h1-7,10,20,22H,8-9H2,(H,17,21). The molecule has 6 nitrogen and oxygen atoms in total. The molecule has 3 aromatic rings. The summed E-state index contributed by atoms with van der Waals surface area (Å²) in [7, 11) is 0. The molecule has 1 heterocycles. The van der Waals surface area contributed by atoms with E-state index in [1.54, 1.807) is 18.2 Å². The minimum atomic E-state index is -0.307. The fraction of sp³-hybridized carbons (Fsp3) is 0.125. The van der Waals surface area contributed by atoms with Crippen molar-refractivity contribution >= 4 is 16.9 Å². The molecule has 0 saturated heterocycles. The van der Waals surface area contributed by atoms with Gasteiger partial charge in [0, 0.05) is 17.7 Å². The van der Waals surface area contributed by atoms with Gasteiger partial charge in [-0.05, 0) is 18.2 Å². The maximum absolute atomic E-state index is 11.9. The number of aromatic nitrogens is 2. The lowest BCUT2D eigenvalue weighted by atomic mass is 10.2. The normalized spacial score (nSPS) is 10.8. The molecule has 1 amide bonds. The third-order valence-corrected chi connectivity index (χ3v) is 3.32. The molecule has 0 saturated carbocycles. The molecule has 0 radical (unpaired) electrons. The number of fused-ring (bicyclic) bond motifs is 1. The van der Waals surface area contributed by atoms with Gasteiger partial charge < -0.3 is 15.6 Å². The van der Waals surface area contributed by atoms with Crippen LogP contribution in [0.25, 0.3) is 22.4 Å². The summed E-state index contributed by atoms with van der Waals surface area (Å²) in [5.41, 5.74) is 2.24. The Hall–Kier alpha value is -2.86. The van der Waals surface area contributed by atoms with Gasteiger partial charge in [-0.2, -0.15) is 4.73 Å². The first-order valence-corrected chi connectivity index (χ1v) is 6.87. The number of aliphatic hydroxyl groups is 1. The van der Waals surface area contributed by atoms with Gasteiger partial charge in [0.15, 0.2) is 5.82 Å². The SMILES string of the molecule is O=C(NCCO)c1ccc2nc(-c3ccccc3)n(O)c2c1. The van der Waals surface area contributed by atoms with Crippen molar-refractivity contribution < 1.29 is 15.1 Å².